The van der Waals surface area contributed by atoms with Crippen molar-refractivity contribution in [3.05, 3.63) is 23.8 Å². The van der Waals surface area contributed by atoms with Crippen molar-refractivity contribution >= 4 is 23.6 Å². The van der Waals surface area contributed by atoms with Gasteiger partial charge < -0.3 is 19.3 Å². The van der Waals surface area contributed by atoms with Gasteiger partial charge in [-0.3, -0.25) is 9.59 Å². The molecule has 2 saturated heterocycles. The zero-order valence-electron chi connectivity index (χ0n) is 17.0. The summed E-state index contributed by atoms with van der Waals surface area (Å²) >= 11 is 1.85. The summed E-state index contributed by atoms with van der Waals surface area (Å²) in [6, 6.07) is 5.31. The lowest BCUT2D eigenvalue weighted by atomic mass is 10.00. The highest BCUT2D eigenvalue weighted by atomic mass is 32.2. The van der Waals surface area contributed by atoms with Crippen LogP contribution in [0.15, 0.2) is 18.2 Å². The Morgan fingerprint density at radius 1 is 1.07 bits per heavy atom. The number of rotatable bonds is 6. The van der Waals surface area contributed by atoms with Gasteiger partial charge >= 0.3 is 0 Å². The fourth-order valence-corrected chi connectivity index (χ4v) is 5.44. The van der Waals surface area contributed by atoms with E-state index in [1.54, 1.807) is 32.4 Å². The summed E-state index contributed by atoms with van der Waals surface area (Å²) in [5, 5.41) is 0. The highest BCUT2D eigenvalue weighted by Crippen LogP contribution is 2.45. The van der Waals surface area contributed by atoms with Crippen molar-refractivity contribution in [3.63, 3.8) is 0 Å². The van der Waals surface area contributed by atoms with E-state index in [2.05, 4.69) is 6.92 Å². The van der Waals surface area contributed by atoms with Gasteiger partial charge in [0.1, 0.15) is 11.5 Å². The maximum absolute atomic E-state index is 13.3. The van der Waals surface area contributed by atoms with Crippen LogP contribution in [-0.4, -0.2) is 66.1 Å². The molecule has 0 atom stereocenters. The Hall–Kier alpha value is -1.89. The standard InChI is InChI=1S/C21H30N2O4S/c1-4-5-6-19(24)22-9-7-21(8-10-22)23(11-12-28-21)20(25)16-13-17(26-2)15-18(14-16)27-3/h13-15H,4-12H2,1-3H3. The number of carbonyl (C=O) groups excluding carboxylic acids is 2. The number of thioether (sulfide) groups is 1. The van der Waals surface area contributed by atoms with Crippen LogP contribution in [0.3, 0.4) is 0 Å². The Morgan fingerprint density at radius 3 is 2.29 bits per heavy atom. The largest absolute Gasteiger partial charge is 0.497 e. The van der Waals surface area contributed by atoms with Crippen molar-refractivity contribution in [2.75, 3.05) is 39.6 Å². The molecule has 3 rings (SSSR count). The van der Waals surface area contributed by atoms with E-state index in [0.29, 0.717) is 23.5 Å². The van der Waals surface area contributed by atoms with Gasteiger partial charge in [-0.25, -0.2) is 0 Å². The molecule has 154 valence electrons. The normalized spacial score (nSPS) is 18.4. The first kappa shape index (κ1) is 20.8. The van der Waals surface area contributed by atoms with E-state index in [1.807, 2.05) is 21.6 Å². The van der Waals surface area contributed by atoms with Crippen molar-refractivity contribution in [1.29, 1.82) is 0 Å². The molecule has 0 saturated carbocycles. The Labute approximate surface area is 171 Å². The molecule has 0 bridgehead atoms. The number of nitrogens with zero attached hydrogens (tertiary/aromatic N) is 2. The first-order valence-corrected chi connectivity index (χ1v) is 11.0. The van der Waals surface area contributed by atoms with Gasteiger partial charge in [0.25, 0.3) is 5.91 Å². The summed E-state index contributed by atoms with van der Waals surface area (Å²) in [5.74, 6) is 2.40. The van der Waals surface area contributed by atoms with Crippen molar-refractivity contribution in [2.24, 2.45) is 0 Å². The number of likely N-dealkylation sites (tertiary alicyclic amines) is 1. The number of unbranched alkanes of at least 4 members (excludes halogenated alkanes) is 1. The van der Waals surface area contributed by atoms with Crippen molar-refractivity contribution < 1.29 is 19.1 Å². The Balaban J connectivity index is 1.73. The summed E-state index contributed by atoms with van der Waals surface area (Å²) in [4.78, 5) is 29.4. The molecule has 7 heteroatoms. The van der Waals surface area contributed by atoms with Crippen LogP contribution in [0.4, 0.5) is 0 Å². The van der Waals surface area contributed by atoms with Crippen LogP contribution >= 0.6 is 11.8 Å². The van der Waals surface area contributed by atoms with Gasteiger partial charge in [-0.05, 0) is 31.4 Å². The van der Waals surface area contributed by atoms with Gasteiger partial charge in [0.2, 0.25) is 5.91 Å². The lowest BCUT2D eigenvalue weighted by Crippen LogP contribution is -2.53. The molecular formula is C21H30N2O4S. The second kappa shape index (κ2) is 9.07. The summed E-state index contributed by atoms with van der Waals surface area (Å²) in [5.41, 5.74) is 0.583. The zero-order valence-corrected chi connectivity index (χ0v) is 17.8. The second-order valence-electron chi connectivity index (χ2n) is 7.34. The topological polar surface area (TPSA) is 59.1 Å². The summed E-state index contributed by atoms with van der Waals surface area (Å²) in [7, 11) is 3.17. The maximum Gasteiger partial charge on any atom is 0.255 e. The molecule has 2 heterocycles. The number of amides is 2. The van der Waals surface area contributed by atoms with E-state index in [9.17, 15) is 9.59 Å². The molecule has 2 fully saturated rings. The molecule has 2 aliphatic rings. The number of hydrogen-bond donors (Lipinski definition) is 0. The third-order valence-electron chi connectivity index (χ3n) is 5.66. The Bertz CT molecular complexity index is 694. The number of benzene rings is 1. The van der Waals surface area contributed by atoms with Crippen LogP contribution in [0.1, 0.15) is 49.4 Å². The minimum absolute atomic E-state index is 0.00737. The number of piperidine rings is 1. The third-order valence-corrected chi connectivity index (χ3v) is 7.22. The highest BCUT2D eigenvalue weighted by molar-refractivity contribution is 8.00. The minimum atomic E-state index is -0.213. The van der Waals surface area contributed by atoms with E-state index >= 15 is 0 Å². The smallest absolute Gasteiger partial charge is 0.255 e. The van der Waals surface area contributed by atoms with Crippen LogP contribution in [0.5, 0.6) is 11.5 Å². The first-order valence-electron chi connectivity index (χ1n) is 10.00. The van der Waals surface area contributed by atoms with Crippen LogP contribution in [-0.2, 0) is 4.79 Å². The van der Waals surface area contributed by atoms with E-state index in [-0.39, 0.29) is 16.7 Å². The molecular weight excluding hydrogens is 376 g/mol. The van der Waals surface area contributed by atoms with Gasteiger partial charge in [0.05, 0.1) is 19.1 Å². The zero-order chi connectivity index (χ0) is 20.1. The molecule has 0 unspecified atom stereocenters. The number of methoxy groups -OCH3 is 2. The molecule has 0 N–H and O–H groups in total. The van der Waals surface area contributed by atoms with Crippen LogP contribution < -0.4 is 9.47 Å². The van der Waals surface area contributed by atoms with E-state index < -0.39 is 0 Å². The predicted molar refractivity (Wildman–Crippen MR) is 111 cm³/mol. The molecule has 1 spiro atoms. The van der Waals surface area contributed by atoms with Crippen LogP contribution in [0.2, 0.25) is 0 Å². The van der Waals surface area contributed by atoms with Crippen molar-refractivity contribution in [2.45, 2.75) is 43.9 Å². The highest BCUT2D eigenvalue weighted by Gasteiger charge is 2.47. The SMILES string of the molecule is CCCCC(=O)N1CCC2(CC1)SCCN2C(=O)c1cc(OC)cc(OC)c1. The number of ether oxygens (including phenoxy) is 2. The van der Waals surface area contributed by atoms with E-state index in [0.717, 1.165) is 51.1 Å². The van der Waals surface area contributed by atoms with E-state index in [1.165, 1.54) is 0 Å². The summed E-state index contributed by atoms with van der Waals surface area (Å²) < 4.78 is 10.6. The average Bonchev–Trinajstić information content (AvgIpc) is 3.14. The van der Waals surface area contributed by atoms with Gasteiger partial charge in [0, 0.05) is 43.4 Å². The molecule has 0 aromatic heterocycles. The lowest BCUT2D eigenvalue weighted by molar-refractivity contribution is -0.132. The van der Waals surface area contributed by atoms with Crippen LogP contribution in [0, 0.1) is 0 Å². The minimum Gasteiger partial charge on any atom is -0.497 e. The Kier molecular flexibility index (Phi) is 6.75. The third kappa shape index (κ3) is 4.24. The summed E-state index contributed by atoms with van der Waals surface area (Å²) in [6.07, 6.45) is 4.25. The fraction of sp³-hybridized carbons (Fsp3) is 0.619. The van der Waals surface area contributed by atoms with Gasteiger partial charge in [-0.15, -0.1) is 11.8 Å². The fourth-order valence-electron chi connectivity index (χ4n) is 3.99. The quantitative estimate of drug-likeness (QED) is 0.725. The second-order valence-corrected chi connectivity index (χ2v) is 8.79. The van der Waals surface area contributed by atoms with Gasteiger partial charge in [0.15, 0.2) is 0 Å². The predicted octanol–water partition coefficient (Wildman–Crippen LogP) is 3.40. The molecule has 2 aliphatic heterocycles. The molecule has 1 aromatic rings. The van der Waals surface area contributed by atoms with Crippen molar-refractivity contribution in [3.8, 4) is 11.5 Å². The first-order chi connectivity index (χ1) is 13.5. The van der Waals surface area contributed by atoms with Crippen LogP contribution in [0.25, 0.3) is 0 Å². The van der Waals surface area contributed by atoms with Gasteiger partial charge in [-0.1, -0.05) is 13.3 Å². The molecule has 0 aliphatic carbocycles. The molecule has 1 aromatic carbocycles. The number of hydrogen-bond acceptors (Lipinski definition) is 5. The average molecular weight is 407 g/mol. The van der Waals surface area contributed by atoms with E-state index in [4.69, 9.17) is 9.47 Å². The monoisotopic (exact) mass is 406 g/mol. The Morgan fingerprint density at radius 2 is 1.71 bits per heavy atom. The maximum atomic E-state index is 13.3. The molecule has 6 nitrogen and oxygen atoms in total. The molecule has 0 radical (unpaired) electrons. The molecule has 28 heavy (non-hydrogen) atoms. The van der Waals surface area contributed by atoms with Gasteiger partial charge in [-0.2, -0.15) is 0 Å². The molecule has 2 amide bonds. The lowest BCUT2D eigenvalue weighted by Gasteiger charge is -2.44. The number of carbonyl (C=O) groups is 2. The van der Waals surface area contributed by atoms with Crippen molar-refractivity contribution in [1.82, 2.24) is 9.80 Å². The summed E-state index contributed by atoms with van der Waals surface area (Å²) in [6.45, 7) is 4.28.